The first-order chi connectivity index (χ1) is 18.2. The molecule has 2 aromatic carbocycles. The number of amides is 1. The van der Waals surface area contributed by atoms with Gasteiger partial charge in [-0.05, 0) is 35.6 Å². The van der Waals surface area contributed by atoms with Crippen LogP contribution in [-0.2, 0) is 21.7 Å². The van der Waals surface area contributed by atoms with Crippen LogP contribution in [0.1, 0.15) is 44.2 Å². The van der Waals surface area contributed by atoms with E-state index in [0.29, 0.717) is 6.42 Å². The van der Waals surface area contributed by atoms with Gasteiger partial charge in [0.2, 0.25) is 5.91 Å². The molecule has 1 aliphatic rings. The number of carboxylic acid groups (broad SMARTS) is 1. The fourth-order valence-corrected chi connectivity index (χ4v) is 5.60. The average molecular weight is 580 g/mol. The Hall–Kier alpha value is -3.05. The largest absolute Gasteiger partial charge is 0.480 e. The lowest BCUT2D eigenvalue weighted by atomic mass is 9.68. The van der Waals surface area contributed by atoms with Crippen molar-refractivity contribution in [2.24, 2.45) is 11.1 Å². The number of carbonyl (C=O) groups is 2. The van der Waals surface area contributed by atoms with E-state index < -0.39 is 53.6 Å². The van der Waals surface area contributed by atoms with Crippen LogP contribution in [0.15, 0.2) is 48.7 Å². The van der Waals surface area contributed by atoms with Gasteiger partial charge in [-0.1, -0.05) is 62.2 Å². The first-order valence-corrected chi connectivity index (χ1v) is 13.0. The van der Waals surface area contributed by atoms with Crippen LogP contribution in [-0.4, -0.2) is 38.8 Å². The summed E-state index contributed by atoms with van der Waals surface area (Å²) in [5, 5.41) is 19.0. The maximum atomic E-state index is 15.6. The Morgan fingerprint density at radius 1 is 1.21 bits per heavy atom. The molecule has 1 aromatic heterocycles. The Morgan fingerprint density at radius 2 is 1.92 bits per heavy atom. The molecule has 5 N–H and O–H groups in total. The third-order valence-electron chi connectivity index (χ3n) is 6.81. The normalized spacial score (nSPS) is 23.1. The number of aromatic nitrogens is 2. The van der Waals surface area contributed by atoms with Crippen molar-refractivity contribution < 1.29 is 23.5 Å². The SMILES string of the molecule is CC(C)(C)C[C@@H]1N[C@@H](C(=O)Nc2ccn(CC(=O)O)n2)[C@H](c2cccc(Cl)c2F)[C@@]1(N)c1ccc(Cl)cc1F. The van der Waals surface area contributed by atoms with E-state index in [1.165, 1.54) is 36.5 Å². The van der Waals surface area contributed by atoms with Crippen LogP contribution in [0.5, 0.6) is 0 Å². The summed E-state index contributed by atoms with van der Waals surface area (Å²) in [7, 11) is 0. The second-order valence-electron chi connectivity index (χ2n) is 10.9. The lowest BCUT2D eigenvalue weighted by molar-refractivity contribution is -0.137. The van der Waals surface area contributed by atoms with Crippen molar-refractivity contribution in [3.63, 3.8) is 0 Å². The number of carbonyl (C=O) groups excluding carboxylic acids is 1. The minimum absolute atomic E-state index is 0.0415. The molecule has 4 rings (SSSR count). The first kappa shape index (κ1) is 28.9. The summed E-state index contributed by atoms with van der Waals surface area (Å²) < 4.78 is 32.3. The smallest absolute Gasteiger partial charge is 0.325 e. The summed E-state index contributed by atoms with van der Waals surface area (Å²) in [5.74, 6) is -4.19. The highest BCUT2D eigenvalue weighted by Crippen LogP contribution is 2.50. The van der Waals surface area contributed by atoms with Crippen molar-refractivity contribution in [1.82, 2.24) is 15.1 Å². The Kier molecular flexibility index (Phi) is 8.05. The summed E-state index contributed by atoms with van der Waals surface area (Å²) >= 11 is 12.2. The van der Waals surface area contributed by atoms with Gasteiger partial charge in [-0.2, -0.15) is 5.10 Å². The minimum atomic E-state index is -1.61. The predicted molar refractivity (Wildman–Crippen MR) is 145 cm³/mol. The lowest BCUT2D eigenvalue weighted by Gasteiger charge is -2.40. The van der Waals surface area contributed by atoms with Crippen molar-refractivity contribution in [2.75, 3.05) is 5.32 Å². The van der Waals surface area contributed by atoms with Crippen LogP contribution >= 0.6 is 23.2 Å². The Morgan fingerprint density at radius 3 is 2.56 bits per heavy atom. The van der Waals surface area contributed by atoms with Crippen molar-refractivity contribution >= 4 is 40.9 Å². The molecule has 0 saturated carbocycles. The number of rotatable bonds is 7. The highest BCUT2D eigenvalue weighted by Gasteiger charge is 2.58. The number of carboxylic acids is 1. The molecular weight excluding hydrogens is 551 g/mol. The summed E-state index contributed by atoms with van der Waals surface area (Å²) in [4.78, 5) is 24.7. The first-order valence-electron chi connectivity index (χ1n) is 12.2. The Labute approximate surface area is 234 Å². The number of nitrogens with zero attached hydrogens (tertiary/aromatic N) is 2. The average Bonchev–Trinajstić information content (AvgIpc) is 3.36. The lowest BCUT2D eigenvalue weighted by Crippen LogP contribution is -2.52. The summed E-state index contributed by atoms with van der Waals surface area (Å²) in [6.07, 6.45) is 1.81. The monoisotopic (exact) mass is 579 g/mol. The second kappa shape index (κ2) is 10.8. The van der Waals surface area contributed by atoms with Gasteiger partial charge in [0.15, 0.2) is 5.82 Å². The fourth-order valence-electron chi connectivity index (χ4n) is 5.26. The zero-order valence-electron chi connectivity index (χ0n) is 21.5. The topological polar surface area (TPSA) is 122 Å². The van der Waals surface area contributed by atoms with Gasteiger partial charge in [0.05, 0.1) is 16.6 Å². The predicted octanol–water partition coefficient (Wildman–Crippen LogP) is 4.91. The second-order valence-corrected chi connectivity index (χ2v) is 11.8. The highest BCUT2D eigenvalue weighted by atomic mass is 35.5. The third-order valence-corrected chi connectivity index (χ3v) is 7.33. The molecule has 1 amide bonds. The number of nitrogens with one attached hydrogen (secondary N) is 2. The third kappa shape index (κ3) is 5.94. The minimum Gasteiger partial charge on any atom is -0.480 e. The van der Waals surface area contributed by atoms with Gasteiger partial charge in [0, 0.05) is 34.8 Å². The molecule has 0 bridgehead atoms. The molecule has 208 valence electrons. The molecular formula is C27H29Cl2F2N5O3. The molecule has 4 atom stereocenters. The standard InChI is InChI=1S/C27H29Cl2F2N5O3/c1-26(2,3)12-19-27(32,16-8-7-14(28)11-18(16)30)22(15-5-4-6-17(29)23(15)31)24(33-19)25(39)34-20-9-10-36(35-20)13-21(37)38/h4-11,19,22,24,33H,12-13,32H2,1-3H3,(H,37,38)(H,34,35,39)/t19-,22-,24+,27+/m0/s1. The number of hydrogen-bond acceptors (Lipinski definition) is 5. The van der Waals surface area contributed by atoms with Crippen LogP contribution in [0.2, 0.25) is 10.0 Å². The maximum Gasteiger partial charge on any atom is 0.325 e. The van der Waals surface area contributed by atoms with Gasteiger partial charge in [0.1, 0.15) is 18.2 Å². The number of nitrogens with two attached hydrogens (primary N) is 1. The molecule has 3 aromatic rings. The van der Waals surface area contributed by atoms with Crippen LogP contribution in [0.25, 0.3) is 0 Å². The molecule has 12 heteroatoms. The van der Waals surface area contributed by atoms with E-state index in [9.17, 15) is 9.59 Å². The molecule has 39 heavy (non-hydrogen) atoms. The van der Waals surface area contributed by atoms with E-state index in [1.807, 2.05) is 20.8 Å². The number of aliphatic carboxylic acids is 1. The number of benzene rings is 2. The van der Waals surface area contributed by atoms with Crippen molar-refractivity contribution in [3.8, 4) is 0 Å². The van der Waals surface area contributed by atoms with Gasteiger partial charge >= 0.3 is 5.97 Å². The molecule has 1 saturated heterocycles. The molecule has 2 heterocycles. The summed E-state index contributed by atoms with van der Waals surface area (Å²) in [5.41, 5.74) is 5.32. The van der Waals surface area contributed by atoms with Gasteiger partial charge in [-0.3, -0.25) is 14.3 Å². The van der Waals surface area contributed by atoms with Crippen molar-refractivity contribution in [1.29, 1.82) is 0 Å². The maximum absolute atomic E-state index is 15.6. The zero-order chi connectivity index (χ0) is 28.7. The summed E-state index contributed by atoms with van der Waals surface area (Å²) in [6, 6.07) is 8.09. The molecule has 0 radical (unpaired) electrons. The van der Waals surface area contributed by atoms with Gasteiger partial charge in [0.25, 0.3) is 0 Å². The molecule has 0 unspecified atom stereocenters. The molecule has 0 spiro atoms. The molecule has 1 fully saturated rings. The van der Waals surface area contributed by atoms with Crippen molar-refractivity contribution in [2.45, 2.75) is 57.3 Å². The van der Waals surface area contributed by atoms with E-state index in [0.717, 1.165) is 10.7 Å². The number of halogens is 4. The van der Waals surface area contributed by atoms with E-state index >= 15 is 8.78 Å². The highest BCUT2D eigenvalue weighted by molar-refractivity contribution is 6.31. The number of anilines is 1. The Bertz CT molecular complexity index is 1410. The van der Waals surface area contributed by atoms with Crippen molar-refractivity contribution in [3.05, 3.63) is 81.5 Å². The van der Waals surface area contributed by atoms with E-state index in [4.69, 9.17) is 34.0 Å². The van der Waals surface area contributed by atoms with Gasteiger partial charge < -0.3 is 21.5 Å². The van der Waals surface area contributed by atoms with E-state index in [2.05, 4.69) is 15.7 Å². The summed E-state index contributed by atoms with van der Waals surface area (Å²) in [6.45, 7) is 5.53. The fraction of sp³-hybridized carbons (Fsp3) is 0.370. The number of hydrogen-bond donors (Lipinski definition) is 4. The quantitative estimate of drug-likeness (QED) is 0.315. The van der Waals surface area contributed by atoms with Gasteiger partial charge in [-0.25, -0.2) is 8.78 Å². The van der Waals surface area contributed by atoms with Crippen LogP contribution in [0.4, 0.5) is 14.6 Å². The van der Waals surface area contributed by atoms with Crippen LogP contribution in [0.3, 0.4) is 0 Å². The molecule has 1 aliphatic heterocycles. The van der Waals surface area contributed by atoms with E-state index in [1.54, 1.807) is 6.07 Å². The molecule has 0 aliphatic carbocycles. The van der Waals surface area contributed by atoms with Gasteiger partial charge in [-0.15, -0.1) is 0 Å². The zero-order valence-corrected chi connectivity index (χ0v) is 23.0. The Balaban J connectivity index is 1.86. The molecule has 8 nitrogen and oxygen atoms in total. The van der Waals surface area contributed by atoms with Crippen LogP contribution in [0, 0.1) is 17.0 Å². The van der Waals surface area contributed by atoms with Crippen LogP contribution < -0.4 is 16.4 Å². The van der Waals surface area contributed by atoms with E-state index in [-0.39, 0.29) is 32.4 Å².